The molecular formula is C17H11O2S2+. The first-order valence-corrected chi connectivity index (χ1v) is 8.16. The quantitative estimate of drug-likeness (QED) is 0.557. The molecule has 0 N–H and O–H groups in total. The van der Waals surface area contributed by atoms with Crippen LogP contribution >= 0.6 is 23.1 Å². The van der Waals surface area contributed by atoms with Crippen LogP contribution in [0.25, 0.3) is 16.4 Å². The van der Waals surface area contributed by atoms with Gasteiger partial charge in [0, 0.05) is 6.07 Å². The van der Waals surface area contributed by atoms with Gasteiger partial charge in [-0.05, 0) is 53.4 Å². The van der Waals surface area contributed by atoms with Gasteiger partial charge < -0.3 is 4.74 Å². The van der Waals surface area contributed by atoms with Crippen molar-refractivity contribution in [1.29, 1.82) is 0 Å². The summed E-state index contributed by atoms with van der Waals surface area (Å²) in [5, 5.41) is 1.77. The summed E-state index contributed by atoms with van der Waals surface area (Å²) in [4.78, 5) is 1.16. The first kappa shape index (κ1) is 12.7. The zero-order chi connectivity index (χ0) is 14.1. The topological polar surface area (TPSA) is 20.5 Å². The van der Waals surface area contributed by atoms with Crippen LogP contribution in [0.2, 0.25) is 0 Å². The molecule has 21 heavy (non-hydrogen) atoms. The Morgan fingerprint density at radius 2 is 1.86 bits per heavy atom. The van der Waals surface area contributed by atoms with Crippen LogP contribution in [-0.2, 0) is 0 Å². The first-order valence-electron chi connectivity index (χ1n) is 6.53. The fraction of sp³-hybridized carbons (Fsp3) is 0. The molecule has 4 rings (SSSR count). The van der Waals surface area contributed by atoms with Crippen molar-refractivity contribution in [3.8, 4) is 5.75 Å². The van der Waals surface area contributed by atoms with Gasteiger partial charge in [-0.2, -0.15) is 4.42 Å². The molecular weight excluding hydrogens is 300 g/mol. The van der Waals surface area contributed by atoms with Crippen molar-refractivity contribution in [3.63, 3.8) is 0 Å². The molecule has 0 radical (unpaired) electrons. The Morgan fingerprint density at radius 3 is 2.76 bits per heavy atom. The molecule has 0 spiro atoms. The van der Waals surface area contributed by atoms with Gasteiger partial charge in [0.1, 0.15) is 10.4 Å². The third-order valence-electron chi connectivity index (χ3n) is 3.01. The van der Waals surface area contributed by atoms with Gasteiger partial charge in [-0.1, -0.05) is 24.3 Å². The Labute approximate surface area is 130 Å². The van der Waals surface area contributed by atoms with E-state index in [1.54, 1.807) is 23.1 Å². The van der Waals surface area contributed by atoms with E-state index in [0.717, 1.165) is 31.1 Å². The lowest BCUT2D eigenvalue weighted by Crippen LogP contribution is -1.81. The van der Waals surface area contributed by atoms with Gasteiger partial charge in [0.05, 0.1) is 11.0 Å². The molecule has 102 valence electrons. The summed E-state index contributed by atoms with van der Waals surface area (Å²) in [6.07, 6.45) is 5.89. The summed E-state index contributed by atoms with van der Waals surface area (Å²) in [5.74, 6) is 0.925. The standard InChI is InChI=1S/C17H11O2S2/c1-3-8-14-12(6-1)18-16(20-14)10-5-11-17-19-13-7-2-4-9-15(13)21-17/h1-11H/q+1. The van der Waals surface area contributed by atoms with Crippen LogP contribution in [0.5, 0.6) is 5.75 Å². The number of hydrogen-bond acceptors (Lipinski definition) is 3. The monoisotopic (exact) mass is 311 g/mol. The molecule has 0 amide bonds. The summed E-state index contributed by atoms with van der Waals surface area (Å²) in [6.45, 7) is 0. The molecule has 1 aromatic heterocycles. The van der Waals surface area contributed by atoms with Crippen molar-refractivity contribution in [2.75, 3.05) is 0 Å². The molecule has 0 aliphatic carbocycles. The minimum Gasteiger partial charge on any atom is -0.449 e. The fourth-order valence-corrected chi connectivity index (χ4v) is 3.76. The van der Waals surface area contributed by atoms with E-state index in [2.05, 4.69) is 12.1 Å². The van der Waals surface area contributed by atoms with Crippen LogP contribution in [0.4, 0.5) is 0 Å². The number of fused-ring (bicyclic) bond motifs is 2. The first-order chi connectivity index (χ1) is 10.4. The van der Waals surface area contributed by atoms with Crippen molar-refractivity contribution < 1.29 is 9.15 Å². The number of ether oxygens (including phenoxy) is 1. The Hall–Kier alpha value is -2.04. The lowest BCUT2D eigenvalue weighted by Gasteiger charge is -1.94. The van der Waals surface area contributed by atoms with E-state index in [1.807, 2.05) is 54.6 Å². The highest BCUT2D eigenvalue weighted by Crippen LogP contribution is 2.42. The van der Waals surface area contributed by atoms with E-state index in [-0.39, 0.29) is 0 Å². The maximum Gasteiger partial charge on any atom is 0.411 e. The Kier molecular flexibility index (Phi) is 3.25. The van der Waals surface area contributed by atoms with Gasteiger partial charge in [-0.15, -0.1) is 0 Å². The molecule has 3 aromatic rings. The Morgan fingerprint density at radius 1 is 1.00 bits per heavy atom. The third kappa shape index (κ3) is 2.60. The molecule has 0 atom stereocenters. The van der Waals surface area contributed by atoms with Crippen LogP contribution < -0.4 is 4.74 Å². The van der Waals surface area contributed by atoms with Crippen molar-refractivity contribution in [1.82, 2.24) is 0 Å². The predicted molar refractivity (Wildman–Crippen MR) is 88.5 cm³/mol. The molecule has 0 saturated carbocycles. The largest absolute Gasteiger partial charge is 0.449 e. The molecule has 1 aliphatic rings. The molecule has 0 saturated heterocycles. The van der Waals surface area contributed by atoms with Crippen LogP contribution in [0.15, 0.2) is 75.1 Å². The molecule has 2 aromatic carbocycles. The van der Waals surface area contributed by atoms with Gasteiger partial charge in [-0.25, -0.2) is 0 Å². The van der Waals surface area contributed by atoms with Crippen LogP contribution in [0.3, 0.4) is 0 Å². The SMILES string of the molecule is C(=Cc1[o+]c2ccccc2s1)C=C1Oc2ccccc2S1. The third-order valence-corrected chi connectivity index (χ3v) is 4.96. The van der Waals surface area contributed by atoms with E-state index in [1.165, 1.54) is 0 Å². The number of benzene rings is 2. The van der Waals surface area contributed by atoms with Crippen molar-refractivity contribution >= 4 is 39.5 Å². The van der Waals surface area contributed by atoms with Gasteiger partial charge in [-0.3, -0.25) is 0 Å². The molecule has 1 aliphatic heterocycles. The van der Waals surface area contributed by atoms with Gasteiger partial charge in [0.25, 0.3) is 0 Å². The summed E-state index contributed by atoms with van der Waals surface area (Å²) in [6, 6.07) is 16.1. The number of para-hydroxylation sites is 2. The maximum absolute atomic E-state index is 5.75. The van der Waals surface area contributed by atoms with Crippen molar-refractivity contribution in [2.45, 2.75) is 4.90 Å². The van der Waals surface area contributed by atoms with Gasteiger partial charge >= 0.3 is 10.7 Å². The zero-order valence-electron chi connectivity index (χ0n) is 11.0. The van der Waals surface area contributed by atoms with Gasteiger partial charge in [0.15, 0.2) is 5.09 Å². The van der Waals surface area contributed by atoms with Crippen LogP contribution in [0.1, 0.15) is 5.07 Å². The van der Waals surface area contributed by atoms with Gasteiger partial charge in [0.2, 0.25) is 0 Å². The predicted octanol–water partition coefficient (Wildman–Crippen LogP) is 5.81. The summed E-state index contributed by atoms with van der Waals surface area (Å²) < 4.78 is 12.7. The normalized spacial score (nSPS) is 15.7. The Balaban J connectivity index is 1.53. The zero-order valence-corrected chi connectivity index (χ0v) is 12.6. The number of rotatable bonds is 2. The fourth-order valence-electron chi connectivity index (χ4n) is 2.05. The van der Waals surface area contributed by atoms with E-state index >= 15 is 0 Å². The molecule has 0 unspecified atom stereocenters. The van der Waals surface area contributed by atoms with Crippen molar-refractivity contribution in [2.24, 2.45) is 0 Å². The number of allylic oxidation sites excluding steroid dienone is 2. The summed E-state index contributed by atoms with van der Waals surface area (Å²) in [5.41, 5.74) is 0.925. The van der Waals surface area contributed by atoms with Crippen molar-refractivity contribution in [3.05, 3.63) is 70.8 Å². The van der Waals surface area contributed by atoms with E-state index in [4.69, 9.17) is 9.15 Å². The molecule has 0 fully saturated rings. The minimum absolute atomic E-state index is 0.883. The lowest BCUT2D eigenvalue weighted by atomic mass is 10.3. The molecule has 2 nitrogen and oxygen atoms in total. The molecule has 0 bridgehead atoms. The average molecular weight is 311 g/mol. The summed E-state index contributed by atoms with van der Waals surface area (Å²) in [7, 11) is 0. The number of hydrogen-bond donors (Lipinski definition) is 0. The Bertz CT molecular complexity index is 802. The van der Waals surface area contributed by atoms with E-state index in [9.17, 15) is 0 Å². The highest BCUT2D eigenvalue weighted by atomic mass is 32.2. The second kappa shape index (κ2) is 5.39. The lowest BCUT2D eigenvalue weighted by molar-refractivity contribution is 0.468. The maximum atomic E-state index is 5.75. The molecule has 4 heteroatoms. The summed E-state index contributed by atoms with van der Waals surface area (Å²) >= 11 is 3.27. The second-order valence-corrected chi connectivity index (χ2v) is 6.56. The van der Waals surface area contributed by atoms with Crippen LogP contribution in [0, 0.1) is 0 Å². The smallest absolute Gasteiger partial charge is 0.411 e. The second-order valence-electron chi connectivity index (χ2n) is 4.47. The number of thioether (sulfide) groups is 1. The van der Waals surface area contributed by atoms with E-state index in [0.29, 0.717) is 0 Å². The van der Waals surface area contributed by atoms with Crippen LogP contribution in [-0.4, -0.2) is 0 Å². The minimum atomic E-state index is 0.883. The van der Waals surface area contributed by atoms with E-state index < -0.39 is 0 Å². The average Bonchev–Trinajstić information content (AvgIpc) is 3.09. The highest BCUT2D eigenvalue weighted by molar-refractivity contribution is 8.03. The highest BCUT2D eigenvalue weighted by Gasteiger charge is 2.17. The molecule has 2 heterocycles.